The third-order valence-electron chi connectivity index (χ3n) is 3.72. The van der Waals surface area contributed by atoms with Crippen LogP contribution in [0.5, 0.6) is 0 Å². The summed E-state index contributed by atoms with van der Waals surface area (Å²) in [5.74, 6) is -0.106. The third kappa shape index (κ3) is 4.65. The van der Waals surface area contributed by atoms with E-state index >= 15 is 0 Å². The summed E-state index contributed by atoms with van der Waals surface area (Å²) in [5.41, 5.74) is 2.61. The van der Waals surface area contributed by atoms with Gasteiger partial charge in [0.15, 0.2) is 0 Å². The van der Waals surface area contributed by atoms with Gasteiger partial charge in [0, 0.05) is 18.8 Å². The molecular formula is C19H23N3O2. The Morgan fingerprint density at radius 2 is 1.83 bits per heavy atom. The van der Waals surface area contributed by atoms with Crippen LogP contribution in [0.4, 0.5) is 5.69 Å². The number of nitrogens with zero attached hydrogens (tertiary/aromatic N) is 2. The molecule has 0 unspecified atom stereocenters. The van der Waals surface area contributed by atoms with Crippen LogP contribution in [0.25, 0.3) is 0 Å². The second-order valence-electron chi connectivity index (χ2n) is 5.92. The van der Waals surface area contributed by atoms with Crippen LogP contribution in [0.2, 0.25) is 0 Å². The number of benzene rings is 1. The molecule has 126 valence electrons. The molecule has 0 aliphatic heterocycles. The molecule has 5 heteroatoms. The number of amides is 2. The van der Waals surface area contributed by atoms with E-state index in [9.17, 15) is 9.59 Å². The Kier molecular flexibility index (Phi) is 6.07. The molecule has 24 heavy (non-hydrogen) atoms. The number of hydrogen-bond donors (Lipinski definition) is 1. The van der Waals surface area contributed by atoms with Crippen molar-refractivity contribution in [2.45, 2.75) is 33.2 Å². The molecule has 2 amide bonds. The normalized spacial score (nSPS) is 10.5. The van der Waals surface area contributed by atoms with Crippen LogP contribution in [0, 0.1) is 0 Å². The van der Waals surface area contributed by atoms with Gasteiger partial charge in [-0.2, -0.15) is 0 Å². The lowest BCUT2D eigenvalue weighted by molar-refractivity contribution is -0.123. The Morgan fingerprint density at radius 3 is 2.46 bits per heavy atom. The number of hydrogen-bond acceptors (Lipinski definition) is 3. The standard InChI is InChI=1S/C19H23N3O2/c1-14(2)17-9-4-5-10-18(17)22(15(3)23)13-19(24)21-12-16-8-6-7-11-20-16/h4-11,14H,12-13H2,1-3H3,(H,21,24). The zero-order valence-electron chi connectivity index (χ0n) is 14.3. The molecule has 1 aromatic heterocycles. The van der Waals surface area contributed by atoms with E-state index in [0.29, 0.717) is 6.54 Å². The molecule has 2 aromatic rings. The minimum Gasteiger partial charge on any atom is -0.349 e. The second kappa shape index (κ2) is 8.24. The lowest BCUT2D eigenvalue weighted by Gasteiger charge is -2.24. The summed E-state index contributed by atoms with van der Waals surface area (Å²) >= 11 is 0. The largest absolute Gasteiger partial charge is 0.349 e. The van der Waals surface area contributed by atoms with Gasteiger partial charge in [0.1, 0.15) is 6.54 Å². The van der Waals surface area contributed by atoms with Gasteiger partial charge in [-0.3, -0.25) is 14.6 Å². The van der Waals surface area contributed by atoms with Crippen molar-refractivity contribution in [2.75, 3.05) is 11.4 Å². The molecule has 0 spiro atoms. The van der Waals surface area contributed by atoms with Gasteiger partial charge in [-0.25, -0.2) is 0 Å². The molecule has 0 saturated heterocycles. The summed E-state index contributed by atoms with van der Waals surface area (Å²) in [6.07, 6.45) is 1.68. The van der Waals surface area contributed by atoms with E-state index < -0.39 is 0 Å². The van der Waals surface area contributed by atoms with Crippen LogP contribution in [0.15, 0.2) is 48.7 Å². The van der Waals surface area contributed by atoms with Crippen LogP contribution in [0.3, 0.4) is 0 Å². The fourth-order valence-electron chi connectivity index (χ4n) is 2.48. The fraction of sp³-hybridized carbons (Fsp3) is 0.316. The van der Waals surface area contributed by atoms with Crippen molar-refractivity contribution in [1.82, 2.24) is 10.3 Å². The molecule has 0 fully saturated rings. The lowest BCUT2D eigenvalue weighted by atomic mass is 10.0. The van der Waals surface area contributed by atoms with Crippen molar-refractivity contribution in [3.05, 3.63) is 59.9 Å². The number of nitrogens with one attached hydrogen (secondary N) is 1. The van der Waals surface area contributed by atoms with E-state index in [1.165, 1.54) is 11.8 Å². The van der Waals surface area contributed by atoms with Crippen LogP contribution in [-0.4, -0.2) is 23.3 Å². The molecule has 0 atom stereocenters. The Balaban J connectivity index is 2.09. The molecule has 0 radical (unpaired) electrons. The maximum absolute atomic E-state index is 12.3. The van der Waals surface area contributed by atoms with Gasteiger partial charge in [-0.05, 0) is 29.7 Å². The zero-order valence-corrected chi connectivity index (χ0v) is 14.3. The summed E-state index contributed by atoms with van der Waals surface area (Å²) in [6.45, 7) is 5.95. The van der Waals surface area contributed by atoms with E-state index in [1.54, 1.807) is 6.20 Å². The molecule has 5 nitrogen and oxygen atoms in total. The number of carbonyl (C=O) groups is 2. The summed E-state index contributed by atoms with van der Waals surface area (Å²) in [4.78, 5) is 30.0. The summed E-state index contributed by atoms with van der Waals surface area (Å²) < 4.78 is 0. The van der Waals surface area contributed by atoms with Gasteiger partial charge in [0.05, 0.1) is 12.2 Å². The van der Waals surface area contributed by atoms with Crippen molar-refractivity contribution in [1.29, 1.82) is 0 Å². The van der Waals surface area contributed by atoms with Gasteiger partial charge < -0.3 is 10.2 Å². The first-order valence-corrected chi connectivity index (χ1v) is 8.02. The van der Waals surface area contributed by atoms with Crippen LogP contribution in [0.1, 0.15) is 37.9 Å². The number of anilines is 1. The third-order valence-corrected chi connectivity index (χ3v) is 3.72. The topological polar surface area (TPSA) is 62.3 Å². The van der Waals surface area contributed by atoms with Crippen LogP contribution in [-0.2, 0) is 16.1 Å². The second-order valence-corrected chi connectivity index (χ2v) is 5.92. The number of aromatic nitrogens is 1. The van der Waals surface area contributed by atoms with E-state index in [2.05, 4.69) is 24.1 Å². The first kappa shape index (κ1) is 17.7. The molecule has 1 aromatic carbocycles. The highest BCUT2D eigenvalue weighted by atomic mass is 16.2. The van der Waals surface area contributed by atoms with Gasteiger partial charge >= 0.3 is 0 Å². The maximum atomic E-state index is 12.3. The highest BCUT2D eigenvalue weighted by molar-refractivity contribution is 5.98. The van der Waals surface area contributed by atoms with Gasteiger partial charge in [-0.15, -0.1) is 0 Å². The first-order chi connectivity index (χ1) is 11.5. The Morgan fingerprint density at radius 1 is 1.12 bits per heavy atom. The molecule has 0 aliphatic carbocycles. The molecule has 1 heterocycles. The monoisotopic (exact) mass is 325 g/mol. The average Bonchev–Trinajstić information content (AvgIpc) is 2.58. The van der Waals surface area contributed by atoms with Crippen LogP contribution >= 0.6 is 0 Å². The van der Waals surface area contributed by atoms with Gasteiger partial charge in [-0.1, -0.05) is 38.1 Å². The highest BCUT2D eigenvalue weighted by Crippen LogP contribution is 2.27. The maximum Gasteiger partial charge on any atom is 0.240 e. The van der Waals surface area contributed by atoms with Gasteiger partial charge in [0.2, 0.25) is 11.8 Å². The quantitative estimate of drug-likeness (QED) is 0.888. The van der Waals surface area contributed by atoms with E-state index in [1.807, 2.05) is 42.5 Å². The van der Waals surface area contributed by atoms with Crippen molar-refractivity contribution in [2.24, 2.45) is 0 Å². The number of pyridine rings is 1. The fourth-order valence-corrected chi connectivity index (χ4v) is 2.48. The van der Waals surface area contributed by atoms with Gasteiger partial charge in [0.25, 0.3) is 0 Å². The zero-order chi connectivity index (χ0) is 17.5. The van der Waals surface area contributed by atoms with E-state index in [4.69, 9.17) is 0 Å². The summed E-state index contributed by atoms with van der Waals surface area (Å²) in [7, 11) is 0. The molecule has 1 N–H and O–H groups in total. The Bertz CT molecular complexity index is 699. The first-order valence-electron chi connectivity index (χ1n) is 8.02. The average molecular weight is 325 g/mol. The Labute approximate surface area is 142 Å². The molecule has 0 saturated carbocycles. The molecule has 0 bridgehead atoms. The van der Waals surface area contributed by atoms with Crippen molar-refractivity contribution >= 4 is 17.5 Å². The van der Waals surface area contributed by atoms with Crippen LogP contribution < -0.4 is 10.2 Å². The van der Waals surface area contributed by atoms with E-state index in [0.717, 1.165) is 16.9 Å². The predicted molar refractivity (Wildman–Crippen MR) is 94.6 cm³/mol. The van der Waals surface area contributed by atoms with E-state index in [-0.39, 0.29) is 24.3 Å². The van der Waals surface area contributed by atoms with Crippen molar-refractivity contribution < 1.29 is 9.59 Å². The number of carbonyl (C=O) groups excluding carboxylic acids is 2. The summed E-state index contributed by atoms with van der Waals surface area (Å²) in [5, 5.41) is 2.81. The SMILES string of the molecule is CC(=O)N(CC(=O)NCc1ccccn1)c1ccccc1C(C)C. The highest BCUT2D eigenvalue weighted by Gasteiger charge is 2.19. The smallest absolute Gasteiger partial charge is 0.240 e. The lowest BCUT2D eigenvalue weighted by Crippen LogP contribution is -2.40. The molecule has 2 rings (SSSR count). The van der Waals surface area contributed by atoms with Crippen molar-refractivity contribution in [3.63, 3.8) is 0 Å². The number of rotatable bonds is 6. The molecule has 0 aliphatic rings. The molecular weight excluding hydrogens is 302 g/mol. The predicted octanol–water partition coefficient (Wildman–Crippen LogP) is 2.87. The van der Waals surface area contributed by atoms with Crippen molar-refractivity contribution in [3.8, 4) is 0 Å². The minimum atomic E-state index is -0.214. The minimum absolute atomic E-state index is 0.00804. The summed E-state index contributed by atoms with van der Waals surface area (Å²) in [6, 6.07) is 13.2. The number of para-hydroxylation sites is 1. The Hall–Kier alpha value is -2.69.